The number of carbonyl (C=O) groups excluding carboxylic acids is 3. The van der Waals surface area contributed by atoms with Gasteiger partial charge in [0.15, 0.2) is 0 Å². The molecule has 0 unspecified atom stereocenters. The summed E-state index contributed by atoms with van der Waals surface area (Å²) in [6.45, 7) is 5.17. The molecule has 3 saturated heterocycles. The largest absolute Gasteiger partial charge is 0.371 e. The fraction of sp³-hybridized carbons (Fsp3) is 0.500. The van der Waals surface area contributed by atoms with Crippen LogP contribution >= 0.6 is 0 Å². The average Bonchev–Trinajstić information content (AvgIpc) is 3.82. The van der Waals surface area contributed by atoms with Gasteiger partial charge in [0.25, 0.3) is 5.91 Å². The Labute approximate surface area is 305 Å². The van der Waals surface area contributed by atoms with E-state index in [0.717, 1.165) is 75.0 Å². The zero-order valence-electron chi connectivity index (χ0n) is 30.3. The van der Waals surface area contributed by atoms with E-state index in [1.165, 1.54) is 36.9 Å². The van der Waals surface area contributed by atoms with Gasteiger partial charge in [-0.1, -0.05) is 31.0 Å². The molecule has 0 radical (unpaired) electrons. The topological polar surface area (TPSA) is 129 Å². The maximum Gasteiger partial charge on any atom is 0.270 e. The first-order valence-corrected chi connectivity index (χ1v) is 19.0. The zero-order chi connectivity index (χ0) is 35.8. The number of likely N-dealkylation sites (tertiary alicyclic amines) is 1. The highest BCUT2D eigenvalue weighted by Gasteiger charge is 2.38. The van der Waals surface area contributed by atoms with E-state index in [1.54, 1.807) is 25.2 Å². The van der Waals surface area contributed by atoms with Crippen LogP contribution in [0.25, 0.3) is 11.0 Å². The molecule has 3 aliphatic heterocycles. The minimum atomic E-state index is -0.237. The summed E-state index contributed by atoms with van der Waals surface area (Å²) in [4.78, 5) is 57.7. The number of pyridine rings is 1. The molecule has 4 fully saturated rings. The van der Waals surface area contributed by atoms with E-state index in [1.807, 2.05) is 18.3 Å². The number of nitrogens with zero attached hydrogens (tertiary/aromatic N) is 7. The lowest BCUT2D eigenvalue weighted by atomic mass is 9.71. The van der Waals surface area contributed by atoms with Crippen LogP contribution < -0.4 is 15.5 Å². The normalized spacial score (nSPS) is 21.1. The monoisotopic (exact) mass is 703 g/mol. The molecule has 3 amide bonds. The number of amides is 3. The second-order valence-electron chi connectivity index (χ2n) is 15.5. The molecule has 12 heteroatoms. The van der Waals surface area contributed by atoms with Crippen LogP contribution in [0, 0.1) is 5.41 Å². The number of benzene rings is 1. The summed E-state index contributed by atoms with van der Waals surface area (Å²) < 4.78 is 2.13. The number of carbonyl (C=O) groups is 3. The van der Waals surface area contributed by atoms with E-state index in [9.17, 15) is 14.4 Å². The molecule has 52 heavy (non-hydrogen) atoms. The quantitative estimate of drug-likeness (QED) is 0.219. The number of fused-ring (bicyclic) bond motifs is 1. The standard InChI is InChI=1S/C40H49N9O3/c1-46(2)38(52)33-23-29-25-42-39(45-36(29)49(33)31-5-3-4-6-31)43-34-13-7-27(24-41-34)26-47-19-15-40(16-20-47)17-21-48(22-18-40)30-10-8-28(9-11-30)32-12-14-35(50)44-37(32)51/h7-11,13,23-25,31-32H,3-6,12,14-22,26H2,1-2H3,(H,44,50,51)(H,41,42,43,45)/t32-/m0/s1. The number of aromatic nitrogens is 4. The Hall–Kier alpha value is -4.84. The van der Waals surface area contributed by atoms with Crippen molar-refractivity contribution in [2.45, 2.75) is 82.7 Å². The van der Waals surface area contributed by atoms with Crippen LogP contribution in [-0.2, 0) is 16.1 Å². The second kappa shape index (κ2) is 14.3. The van der Waals surface area contributed by atoms with Crippen molar-refractivity contribution in [2.75, 3.05) is 50.5 Å². The summed E-state index contributed by atoms with van der Waals surface area (Å²) in [6.07, 6.45) is 14.0. The molecule has 1 aromatic carbocycles. The van der Waals surface area contributed by atoms with Crippen molar-refractivity contribution >= 4 is 46.2 Å². The van der Waals surface area contributed by atoms with E-state index < -0.39 is 0 Å². The number of rotatable bonds is 8. The summed E-state index contributed by atoms with van der Waals surface area (Å²) >= 11 is 0. The van der Waals surface area contributed by atoms with E-state index in [0.29, 0.717) is 35.7 Å². The van der Waals surface area contributed by atoms with Crippen molar-refractivity contribution < 1.29 is 14.4 Å². The Morgan fingerprint density at radius 3 is 2.33 bits per heavy atom. The summed E-state index contributed by atoms with van der Waals surface area (Å²) in [5, 5.41) is 6.64. The van der Waals surface area contributed by atoms with E-state index >= 15 is 0 Å². The molecule has 6 heterocycles. The molecule has 8 rings (SSSR count). The van der Waals surface area contributed by atoms with Gasteiger partial charge in [-0.3, -0.25) is 24.6 Å². The maximum absolute atomic E-state index is 13.1. The summed E-state index contributed by atoms with van der Waals surface area (Å²) in [5.74, 6) is 0.567. The SMILES string of the molecule is CN(C)C(=O)c1cc2cnc(Nc3ccc(CN4CCC5(CC4)CCN(c4ccc([C@@H]6CCC(=O)NC6=O)cc4)CC5)cn3)nc2n1C1CCCC1. The van der Waals surface area contributed by atoms with Crippen LogP contribution in [0.4, 0.5) is 17.5 Å². The Balaban J connectivity index is 0.837. The molecule has 272 valence electrons. The number of hydrogen-bond donors (Lipinski definition) is 2. The minimum Gasteiger partial charge on any atom is -0.371 e. The van der Waals surface area contributed by atoms with Crippen LogP contribution in [0.15, 0.2) is 54.9 Å². The van der Waals surface area contributed by atoms with Crippen LogP contribution in [0.1, 0.15) is 97.8 Å². The highest BCUT2D eigenvalue weighted by molar-refractivity contribution is 6.01. The first-order valence-electron chi connectivity index (χ1n) is 19.0. The highest BCUT2D eigenvalue weighted by atomic mass is 16.2. The molecule has 4 aliphatic rings. The number of hydrogen-bond acceptors (Lipinski definition) is 9. The Bertz CT molecular complexity index is 1930. The van der Waals surface area contributed by atoms with Crippen LogP contribution in [0.3, 0.4) is 0 Å². The molecular formula is C40H49N9O3. The number of nitrogens with one attached hydrogen (secondary N) is 2. The lowest BCUT2D eigenvalue weighted by Gasteiger charge is -2.47. The molecule has 12 nitrogen and oxygen atoms in total. The van der Waals surface area contributed by atoms with E-state index in [4.69, 9.17) is 9.97 Å². The molecule has 2 N–H and O–H groups in total. The second-order valence-corrected chi connectivity index (χ2v) is 15.5. The van der Waals surface area contributed by atoms with Gasteiger partial charge in [-0.15, -0.1) is 0 Å². The van der Waals surface area contributed by atoms with Crippen molar-refractivity contribution in [1.29, 1.82) is 0 Å². The molecule has 0 bridgehead atoms. The molecule has 1 spiro atoms. The van der Waals surface area contributed by atoms with Gasteiger partial charge in [-0.05, 0) is 98.8 Å². The Morgan fingerprint density at radius 2 is 1.65 bits per heavy atom. The lowest BCUT2D eigenvalue weighted by Crippen LogP contribution is -2.46. The van der Waals surface area contributed by atoms with Gasteiger partial charge in [0.05, 0.1) is 5.92 Å². The third-order valence-corrected chi connectivity index (χ3v) is 12.0. The molecule has 3 aromatic heterocycles. The van der Waals surface area contributed by atoms with Gasteiger partial charge in [0.1, 0.15) is 17.2 Å². The molecule has 1 saturated carbocycles. The van der Waals surface area contributed by atoms with Gasteiger partial charge in [-0.25, -0.2) is 9.97 Å². The van der Waals surface area contributed by atoms with Gasteiger partial charge >= 0.3 is 0 Å². The van der Waals surface area contributed by atoms with Crippen molar-refractivity contribution in [3.05, 3.63) is 71.7 Å². The van der Waals surface area contributed by atoms with Gasteiger partial charge in [-0.2, -0.15) is 4.98 Å². The Morgan fingerprint density at radius 1 is 0.923 bits per heavy atom. The molecule has 4 aromatic rings. The highest BCUT2D eigenvalue weighted by Crippen LogP contribution is 2.43. The van der Waals surface area contributed by atoms with Crippen LogP contribution in [0.5, 0.6) is 0 Å². The van der Waals surface area contributed by atoms with Crippen LogP contribution in [-0.4, -0.2) is 87.3 Å². The van der Waals surface area contributed by atoms with Crippen molar-refractivity contribution in [3.8, 4) is 0 Å². The van der Waals surface area contributed by atoms with E-state index in [2.05, 4.69) is 60.3 Å². The first-order chi connectivity index (χ1) is 25.2. The third kappa shape index (κ3) is 7.00. The van der Waals surface area contributed by atoms with Crippen molar-refractivity contribution in [3.63, 3.8) is 0 Å². The first kappa shape index (κ1) is 34.3. The number of anilines is 3. The van der Waals surface area contributed by atoms with Gasteiger partial charge in [0.2, 0.25) is 17.8 Å². The third-order valence-electron chi connectivity index (χ3n) is 12.0. The summed E-state index contributed by atoms with van der Waals surface area (Å²) in [7, 11) is 3.58. The Kier molecular flexibility index (Phi) is 9.42. The fourth-order valence-electron chi connectivity index (χ4n) is 8.81. The molecule has 1 atom stereocenters. The predicted molar refractivity (Wildman–Crippen MR) is 201 cm³/mol. The fourth-order valence-corrected chi connectivity index (χ4v) is 8.81. The van der Waals surface area contributed by atoms with Crippen molar-refractivity contribution in [2.24, 2.45) is 5.41 Å². The average molecular weight is 704 g/mol. The zero-order valence-corrected chi connectivity index (χ0v) is 30.3. The van der Waals surface area contributed by atoms with E-state index in [-0.39, 0.29) is 29.7 Å². The van der Waals surface area contributed by atoms with Crippen molar-refractivity contribution in [1.82, 2.24) is 34.6 Å². The summed E-state index contributed by atoms with van der Waals surface area (Å²) in [6, 6.07) is 14.7. The number of piperidine rings is 3. The molecule has 1 aliphatic carbocycles. The smallest absolute Gasteiger partial charge is 0.270 e. The summed E-state index contributed by atoms with van der Waals surface area (Å²) in [5.41, 5.74) is 5.26. The van der Waals surface area contributed by atoms with Gasteiger partial charge in [0, 0.05) is 69.7 Å². The van der Waals surface area contributed by atoms with Gasteiger partial charge < -0.3 is 19.7 Å². The van der Waals surface area contributed by atoms with Crippen LogP contribution in [0.2, 0.25) is 0 Å². The molecular weight excluding hydrogens is 654 g/mol. The maximum atomic E-state index is 13.1. The lowest BCUT2D eigenvalue weighted by molar-refractivity contribution is -0.134. The number of imide groups is 1. The minimum absolute atomic E-state index is 0.0151. The predicted octanol–water partition coefficient (Wildman–Crippen LogP) is 5.79.